The normalized spacial score (nSPS) is 24.7. The molecule has 1 aromatic carbocycles. The van der Waals surface area contributed by atoms with Crippen LogP contribution in [0, 0.1) is 5.41 Å². The average Bonchev–Trinajstić information content (AvgIpc) is 2.57. The van der Waals surface area contributed by atoms with Gasteiger partial charge in [0.15, 0.2) is 6.61 Å². The highest BCUT2D eigenvalue weighted by molar-refractivity contribution is 5.68. The summed E-state index contributed by atoms with van der Waals surface area (Å²) in [4.78, 5) is 12.8. The first kappa shape index (κ1) is 18.7. The van der Waals surface area contributed by atoms with Crippen molar-refractivity contribution in [3.8, 4) is 5.75 Å². The van der Waals surface area contributed by atoms with Crippen molar-refractivity contribution in [2.24, 2.45) is 5.41 Å². The van der Waals surface area contributed by atoms with Crippen LogP contribution in [0.25, 0.3) is 0 Å². The number of piperidine rings is 1. The van der Waals surface area contributed by atoms with Gasteiger partial charge in [0.1, 0.15) is 5.75 Å². The number of likely N-dealkylation sites (tertiary alicyclic amines) is 1. The fourth-order valence-corrected chi connectivity index (χ4v) is 3.43. The van der Waals surface area contributed by atoms with Crippen LogP contribution in [0.4, 0.5) is 0 Å². The third kappa shape index (κ3) is 4.47. The Hall–Kier alpha value is -1.63. The van der Waals surface area contributed by atoms with Crippen molar-refractivity contribution in [3.05, 3.63) is 29.8 Å². The van der Waals surface area contributed by atoms with Gasteiger partial charge in [0, 0.05) is 24.1 Å². The van der Waals surface area contributed by atoms with Crippen LogP contribution in [-0.2, 0) is 11.3 Å². The first-order valence-corrected chi connectivity index (χ1v) is 8.44. The number of hydrogen-bond acceptors (Lipinski definition) is 5. The SMILES string of the molecule is CCC[C@]1(CO)CCN(Cc2ccccc2OCC(=O)O)C[C@H]1O. The summed E-state index contributed by atoms with van der Waals surface area (Å²) in [7, 11) is 0. The Balaban J connectivity index is 2.02. The number of carboxylic acid groups (broad SMARTS) is 1. The number of benzene rings is 1. The third-order valence-electron chi connectivity index (χ3n) is 4.84. The molecule has 1 saturated heterocycles. The minimum absolute atomic E-state index is 0.00809. The number of nitrogens with zero attached hydrogens (tertiary/aromatic N) is 1. The highest BCUT2D eigenvalue weighted by atomic mass is 16.5. The molecule has 0 bridgehead atoms. The van der Waals surface area contributed by atoms with Gasteiger partial charge in [-0.3, -0.25) is 4.90 Å². The molecule has 1 aromatic rings. The second kappa shape index (κ2) is 8.46. The predicted octanol–water partition coefficient (Wildman–Crippen LogP) is 1.50. The molecule has 1 aliphatic heterocycles. The number of β-amino-alcohol motifs (C(OH)–C–C–N with tert-alkyl or cyclic N) is 1. The summed E-state index contributed by atoms with van der Waals surface area (Å²) in [6.45, 7) is 3.56. The third-order valence-corrected chi connectivity index (χ3v) is 4.84. The zero-order chi connectivity index (χ0) is 17.6. The van der Waals surface area contributed by atoms with Crippen LogP contribution in [0.3, 0.4) is 0 Å². The van der Waals surface area contributed by atoms with E-state index < -0.39 is 17.5 Å². The lowest BCUT2D eigenvalue weighted by Gasteiger charge is -2.44. The molecule has 1 heterocycles. The number of aliphatic carboxylic acids is 1. The van der Waals surface area contributed by atoms with Gasteiger partial charge in [0.05, 0.1) is 12.7 Å². The fourth-order valence-electron chi connectivity index (χ4n) is 3.43. The maximum atomic E-state index is 10.7. The summed E-state index contributed by atoms with van der Waals surface area (Å²) >= 11 is 0. The van der Waals surface area contributed by atoms with E-state index in [1.807, 2.05) is 18.2 Å². The van der Waals surface area contributed by atoms with Crippen molar-refractivity contribution >= 4 is 5.97 Å². The Morgan fingerprint density at radius 1 is 1.42 bits per heavy atom. The molecule has 0 unspecified atom stereocenters. The molecule has 3 N–H and O–H groups in total. The summed E-state index contributed by atoms with van der Waals surface area (Å²) in [5.41, 5.74) is 0.503. The van der Waals surface area contributed by atoms with Crippen molar-refractivity contribution in [2.75, 3.05) is 26.3 Å². The molecule has 24 heavy (non-hydrogen) atoms. The predicted molar refractivity (Wildman–Crippen MR) is 89.9 cm³/mol. The van der Waals surface area contributed by atoms with Gasteiger partial charge < -0.3 is 20.1 Å². The monoisotopic (exact) mass is 337 g/mol. The fraction of sp³-hybridized carbons (Fsp3) is 0.611. The Morgan fingerprint density at radius 3 is 2.79 bits per heavy atom. The Bertz CT molecular complexity index is 550. The zero-order valence-electron chi connectivity index (χ0n) is 14.1. The first-order valence-electron chi connectivity index (χ1n) is 8.44. The number of rotatable bonds is 8. The molecular formula is C18H27NO5. The van der Waals surface area contributed by atoms with E-state index in [1.165, 1.54) is 0 Å². The van der Waals surface area contributed by atoms with Crippen molar-refractivity contribution in [2.45, 2.75) is 38.8 Å². The molecule has 1 fully saturated rings. The van der Waals surface area contributed by atoms with E-state index in [0.717, 1.165) is 31.4 Å². The quantitative estimate of drug-likeness (QED) is 0.666. The average molecular weight is 337 g/mol. The Labute approximate surface area is 142 Å². The second-order valence-electron chi connectivity index (χ2n) is 6.56. The molecule has 134 valence electrons. The number of carboxylic acids is 1. The van der Waals surface area contributed by atoms with Crippen LogP contribution in [0.5, 0.6) is 5.75 Å². The van der Waals surface area contributed by atoms with E-state index >= 15 is 0 Å². The van der Waals surface area contributed by atoms with Crippen LogP contribution < -0.4 is 4.74 Å². The van der Waals surface area contributed by atoms with Gasteiger partial charge in [-0.25, -0.2) is 4.79 Å². The minimum Gasteiger partial charge on any atom is -0.482 e. The lowest BCUT2D eigenvalue weighted by Crippen LogP contribution is -2.52. The summed E-state index contributed by atoms with van der Waals surface area (Å²) < 4.78 is 5.34. The topological polar surface area (TPSA) is 90.2 Å². The molecule has 6 nitrogen and oxygen atoms in total. The number of ether oxygens (including phenoxy) is 1. The molecule has 1 aliphatic rings. The van der Waals surface area contributed by atoms with Crippen LogP contribution in [0.2, 0.25) is 0 Å². The molecule has 0 aromatic heterocycles. The lowest BCUT2D eigenvalue weighted by atomic mass is 9.73. The van der Waals surface area contributed by atoms with Gasteiger partial charge in [0.2, 0.25) is 0 Å². The molecule has 0 amide bonds. The maximum absolute atomic E-state index is 10.7. The van der Waals surface area contributed by atoms with E-state index in [2.05, 4.69) is 11.8 Å². The summed E-state index contributed by atoms with van der Waals surface area (Å²) in [5, 5.41) is 29.0. The molecule has 0 saturated carbocycles. The van der Waals surface area contributed by atoms with E-state index in [4.69, 9.17) is 9.84 Å². The van der Waals surface area contributed by atoms with E-state index in [-0.39, 0.29) is 13.2 Å². The first-order chi connectivity index (χ1) is 11.5. The molecule has 0 aliphatic carbocycles. The number of aliphatic hydroxyl groups excluding tert-OH is 2. The summed E-state index contributed by atoms with van der Waals surface area (Å²) in [5.74, 6) is -0.451. The molecule has 0 radical (unpaired) electrons. The van der Waals surface area contributed by atoms with Gasteiger partial charge in [0.25, 0.3) is 0 Å². The highest BCUT2D eigenvalue weighted by Gasteiger charge is 2.41. The molecule has 0 spiro atoms. The van der Waals surface area contributed by atoms with Crippen molar-refractivity contribution in [1.82, 2.24) is 4.90 Å². The van der Waals surface area contributed by atoms with Gasteiger partial charge in [-0.05, 0) is 25.5 Å². The van der Waals surface area contributed by atoms with E-state index in [1.54, 1.807) is 6.07 Å². The van der Waals surface area contributed by atoms with Crippen LogP contribution >= 0.6 is 0 Å². The number of carbonyl (C=O) groups is 1. The van der Waals surface area contributed by atoms with Crippen LogP contribution in [0.1, 0.15) is 31.7 Å². The summed E-state index contributed by atoms with van der Waals surface area (Å²) in [6, 6.07) is 7.36. The molecular weight excluding hydrogens is 310 g/mol. The number of aliphatic hydroxyl groups is 2. The minimum atomic E-state index is -1.01. The van der Waals surface area contributed by atoms with Crippen molar-refractivity contribution < 1.29 is 24.9 Å². The van der Waals surface area contributed by atoms with Crippen molar-refractivity contribution in [1.29, 1.82) is 0 Å². The van der Waals surface area contributed by atoms with Crippen LogP contribution in [0.15, 0.2) is 24.3 Å². The lowest BCUT2D eigenvalue weighted by molar-refractivity contribution is -0.139. The number of hydrogen-bond donors (Lipinski definition) is 3. The Kier molecular flexibility index (Phi) is 6.60. The van der Waals surface area contributed by atoms with E-state index in [0.29, 0.717) is 18.8 Å². The number of para-hydroxylation sites is 1. The molecule has 2 atom stereocenters. The maximum Gasteiger partial charge on any atom is 0.341 e. The highest BCUT2D eigenvalue weighted by Crippen LogP contribution is 2.36. The Morgan fingerprint density at radius 2 is 2.17 bits per heavy atom. The zero-order valence-corrected chi connectivity index (χ0v) is 14.1. The van der Waals surface area contributed by atoms with E-state index in [9.17, 15) is 15.0 Å². The van der Waals surface area contributed by atoms with Gasteiger partial charge in [-0.15, -0.1) is 0 Å². The second-order valence-corrected chi connectivity index (χ2v) is 6.56. The van der Waals surface area contributed by atoms with Crippen LogP contribution in [-0.4, -0.2) is 58.6 Å². The standard InChI is InChI=1S/C18H27NO5/c1-2-7-18(13-20)8-9-19(11-16(18)21)10-14-5-3-4-6-15(14)24-12-17(22)23/h3-6,16,20-21H,2,7-13H2,1H3,(H,22,23)/t16-,18-/m1/s1. The smallest absolute Gasteiger partial charge is 0.341 e. The largest absolute Gasteiger partial charge is 0.482 e. The molecule has 2 rings (SSSR count). The summed E-state index contributed by atoms with van der Waals surface area (Å²) in [6.07, 6.45) is 1.93. The van der Waals surface area contributed by atoms with Crippen molar-refractivity contribution in [3.63, 3.8) is 0 Å². The van der Waals surface area contributed by atoms with Gasteiger partial charge in [-0.1, -0.05) is 31.5 Å². The van der Waals surface area contributed by atoms with Gasteiger partial charge >= 0.3 is 5.97 Å². The van der Waals surface area contributed by atoms with Gasteiger partial charge in [-0.2, -0.15) is 0 Å². The molecule has 6 heteroatoms.